The van der Waals surface area contributed by atoms with Gasteiger partial charge in [-0.25, -0.2) is 0 Å². The maximum Gasteiger partial charge on any atom is 0.246 e. The molecule has 186 valence electrons. The highest BCUT2D eigenvalue weighted by atomic mass is 16.3. The Kier molecular flexibility index (Phi) is 6.89. The molecule has 7 heteroatoms. The Bertz CT molecular complexity index is 1040. The van der Waals surface area contributed by atoms with Gasteiger partial charge in [0.2, 0.25) is 11.8 Å². The molecule has 1 aliphatic carbocycles. The third kappa shape index (κ3) is 4.98. The fraction of sp³-hybridized carbons (Fsp3) is 0.536. The van der Waals surface area contributed by atoms with Gasteiger partial charge in [-0.1, -0.05) is 43.5 Å². The molecular weight excluding hydrogens is 440 g/mol. The van der Waals surface area contributed by atoms with E-state index in [4.69, 9.17) is 0 Å². The number of aromatic nitrogens is 1. The number of benzene rings is 1. The first kappa shape index (κ1) is 23.9. The number of anilines is 1. The van der Waals surface area contributed by atoms with Crippen molar-refractivity contribution in [3.63, 3.8) is 0 Å². The number of carbonyl (C=O) groups is 2. The average molecular weight is 477 g/mol. The number of amides is 2. The fourth-order valence-corrected chi connectivity index (χ4v) is 6.00. The third-order valence-electron chi connectivity index (χ3n) is 8.35. The summed E-state index contributed by atoms with van der Waals surface area (Å²) in [6.45, 7) is 4.39. The molecule has 1 aromatic carbocycles. The molecule has 2 saturated heterocycles. The van der Waals surface area contributed by atoms with Crippen molar-refractivity contribution in [2.24, 2.45) is 17.3 Å². The Hall–Kier alpha value is -2.77. The Morgan fingerprint density at radius 1 is 1.14 bits per heavy atom. The molecule has 1 unspecified atom stereocenters. The van der Waals surface area contributed by atoms with E-state index < -0.39 is 11.5 Å². The topological polar surface area (TPSA) is 85.8 Å². The van der Waals surface area contributed by atoms with Crippen molar-refractivity contribution in [2.75, 3.05) is 38.1 Å². The summed E-state index contributed by atoms with van der Waals surface area (Å²) in [6, 6.07) is 12.9. The fourth-order valence-electron chi connectivity index (χ4n) is 6.00. The van der Waals surface area contributed by atoms with Crippen LogP contribution in [0.1, 0.15) is 49.4 Å². The highest BCUT2D eigenvalue weighted by Crippen LogP contribution is 2.45. The summed E-state index contributed by atoms with van der Waals surface area (Å²) in [5.41, 5.74) is 2.10. The number of likely N-dealkylation sites (tertiary alicyclic amines) is 2. The molecule has 2 N–H and O–H groups in total. The van der Waals surface area contributed by atoms with Crippen LogP contribution in [0.15, 0.2) is 48.7 Å². The lowest BCUT2D eigenvalue weighted by Gasteiger charge is -2.32. The minimum absolute atomic E-state index is 0.0136. The first-order chi connectivity index (χ1) is 17.0. The summed E-state index contributed by atoms with van der Waals surface area (Å²) >= 11 is 0. The number of carbonyl (C=O) groups excluding carboxylic acids is 2. The van der Waals surface area contributed by atoms with E-state index in [0.29, 0.717) is 32.6 Å². The van der Waals surface area contributed by atoms with Gasteiger partial charge >= 0.3 is 0 Å². The van der Waals surface area contributed by atoms with Crippen LogP contribution in [-0.2, 0) is 9.59 Å². The van der Waals surface area contributed by atoms with Gasteiger partial charge in [0.25, 0.3) is 0 Å². The molecule has 0 bridgehead atoms. The molecule has 2 aliphatic heterocycles. The van der Waals surface area contributed by atoms with Gasteiger partial charge in [0.15, 0.2) is 0 Å². The van der Waals surface area contributed by atoms with E-state index in [9.17, 15) is 14.7 Å². The Balaban J connectivity index is 1.31. The molecule has 0 spiro atoms. The SMILES string of the molecule is Cc1ccc(C(C(=O)Nc2ccccc2)N2C[C@H]3CN(C(=O)CCC4CCC4)C[C@@]3(CO)C2)cn1. The minimum Gasteiger partial charge on any atom is -0.396 e. The highest BCUT2D eigenvalue weighted by molar-refractivity contribution is 5.95. The van der Waals surface area contributed by atoms with E-state index in [1.54, 1.807) is 6.20 Å². The van der Waals surface area contributed by atoms with Gasteiger partial charge in [-0.05, 0) is 48.9 Å². The van der Waals surface area contributed by atoms with Crippen molar-refractivity contribution >= 4 is 17.5 Å². The molecule has 2 amide bonds. The number of hydrogen-bond donors (Lipinski definition) is 2. The first-order valence-corrected chi connectivity index (χ1v) is 12.9. The van der Waals surface area contributed by atoms with Crippen molar-refractivity contribution in [1.29, 1.82) is 0 Å². The summed E-state index contributed by atoms with van der Waals surface area (Å²) in [7, 11) is 0. The zero-order valence-corrected chi connectivity index (χ0v) is 20.5. The third-order valence-corrected chi connectivity index (χ3v) is 8.35. The van der Waals surface area contributed by atoms with Crippen LogP contribution in [0.4, 0.5) is 5.69 Å². The zero-order chi connectivity index (χ0) is 24.4. The number of nitrogens with zero attached hydrogens (tertiary/aromatic N) is 3. The van der Waals surface area contributed by atoms with E-state index in [1.165, 1.54) is 19.3 Å². The van der Waals surface area contributed by atoms with Crippen molar-refractivity contribution in [3.8, 4) is 0 Å². The normalized spacial score (nSPS) is 25.2. The number of aliphatic hydroxyl groups excluding tert-OH is 1. The number of hydrogen-bond acceptors (Lipinski definition) is 5. The maximum absolute atomic E-state index is 13.5. The van der Waals surface area contributed by atoms with E-state index in [-0.39, 0.29) is 24.3 Å². The van der Waals surface area contributed by atoms with Crippen LogP contribution >= 0.6 is 0 Å². The lowest BCUT2D eigenvalue weighted by atomic mass is 9.82. The summed E-state index contributed by atoms with van der Waals surface area (Å²) < 4.78 is 0. The van der Waals surface area contributed by atoms with Gasteiger partial charge in [-0.15, -0.1) is 0 Å². The molecular formula is C28H36N4O3. The van der Waals surface area contributed by atoms with E-state index in [0.717, 1.165) is 29.3 Å². The molecule has 2 aromatic rings. The summed E-state index contributed by atoms with van der Waals surface area (Å²) in [6.07, 6.45) is 7.18. The van der Waals surface area contributed by atoms with Crippen molar-refractivity contribution in [2.45, 2.75) is 45.1 Å². The summed E-state index contributed by atoms with van der Waals surface area (Å²) in [4.78, 5) is 35.0. The number of fused-ring (bicyclic) bond motifs is 1. The lowest BCUT2D eigenvalue weighted by Crippen LogP contribution is -2.42. The second-order valence-corrected chi connectivity index (χ2v) is 10.7. The van der Waals surface area contributed by atoms with Crippen molar-refractivity contribution in [1.82, 2.24) is 14.8 Å². The number of aliphatic hydroxyl groups is 1. The standard InChI is InChI=1S/C28H36N4O3/c1-20-10-12-22(14-29-20)26(27(35)30-24-8-3-2-4-9-24)32-16-23-15-31(17-28(23,18-32)19-33)25(34)13-11-21-6-5-7-21/h2-4,8-10,12,14,21,23,26,33H,5-7,11,13,15-19H2,1H3,(H,30,35)/t23-,26?,28+/m1/s1. The van der Waals surface area contributed by atoms with Gasteiger partial charge in [0.1, 0.15) is 6.04 Å². The van der Waals surface area contributed by atoms with Gasteiger partial charge in [-0.2, -0.15) is 0 Å². The second-order valence-electron chi connectivity index (χ2n) is 10.7. The molecule has 1 saturated carbocycles. The Labute approximate surface area is 207 Å². The summed E-state index contributed by atoms with van der Waals surface area (Å²) in [5.74, 6) is 0.969. The van der Waals surface area contributed by atoms with Crippen molar-refractivity contribution < 1.29 is 14.7 Å². The predicted octanol–water partition coefficient (Wildman–Crippen LogP) is 3.40. The van der Waals surface area contributed by atoms with Gasteiger partial charge < -0.3 is 15.3 Å². The maximum atomic E-state index is 13.5. The lowest BCUT2D eigenvalue weighted by molar-refractivity contribution is -0.131. The molecule has 3 heterocycles. The predicted molar refractivity (Wildman–Crippen MR) is 135 cm³/mol. The molecule has 3 fully saturated rings. The van der Waals surface area contributed by atoms with Crippen LogP contribution in [0.2, 0.25) is 0 Å². The molecule has 5 rings (SSSR count). The van der Waals surface area contributed by atoms with Gasteiger partial charge in [0.05, 0.1) is 6.61 Å². The molecule has 3 atom stereocenters. The molecule has 1 aromatic heterocycles. The Morgan fingerprint density at radius 2 is 1.94 bits per heavy atom. The van der Waals surface area contributed by atoms with E-state index >= 15 is 0 Å². The van der Waals surface area contributed by atoms with Crippen LogP contribution in [0, 0.1) is 24.2 Å². The largest absolute Gasteiger partial charge is 0.396 e. The zero-order valence-electron chi connectivity index (χ0n) is 20.5. The van der Waals surface area contributed by atoms with Crippen LogP contribution in [0.3, 0.4) is 0 Å². The van der Waals surface area contributed by atoms with Crippen LogP contribution in [0.5, 0.6) is 0 Å². The second kappa shape index (κ2) is 10.1. The number of aryl methyl sites for hydroxylation is 1. The van der Waals surface area contributed by atoms with Crippen LogP contribution in [-0.4, -0.2) is 64.5 Å². The van der Waals surface area contributed by atoms with Gasteiger partial charge in [0, 0.05) is 55.6 Å². The highest BCUT2D eigenvalue weighted by Gasteiger charge is 2.55. The average Bonchev–Trinajstić information content (AvgIpc) is 3.35. The minimum atomic E-state index is -0.514. The molecule has 7 nitrogen and oxygen atoms in total. The molecule has 35 heavy (non-hydrogen) atoms. The molecule has 0 radical (unpaired) electrons. The Morgan fingerprint density at radius 3 is 2.57 bits per heavy atom. The first-order valence-electron chi connectivity index (χ1n) is 12.9. The molecule has 3 aliphatic rings. The quantitative estimate of drug-likeness (QED) is 0.610. The van der Waals surface area contributed by atoms with Crippen LogP contribution < -0.4 is 5.32 Å². The van der Waals surface area contributed by atoms with Gasteiger partial charge in [-0.3, -0.25) is 19.5 Å². The number of para-hydroxylation sites is 1. The summed E-state index contributed by atoms with van der Waals surface area (Å²) in [5, 5.41) is 13.6. The smallest absolute Gasteiger partial charge is 0.246 e. The van der Waals surface area contributed by atoms with Crippen LogP contribution in [0.25, 0.3) is 0 Å². The monoisotopic (exact) mass is 476 g/mol. The van der Waals surface area contributed by atoms with E-state index in [1.807, 2.05) is 54.3 Å². The number of pyridine rings is 1. The van der Waals surface area contributed by atoms with E-state index in [2.05, 4.69) is 15.2 Å². The number of nitrogens with one attached hydrogen (secondary N) is 1. The van der Waals surface area contributed by atoms with Crippen molar-refractivity contribution in [3.05, 3.63) is 59.9 Å². The number of rotatable bonds is 8.